The maximum atomic E-state index is 9.71. The average molecular weight is 191 g/mol. The second-order valence-corrected chi connectivity index (χ2v) is 3.22. The van der Waals surface area contributed by atoms with Gasteiger partial charge in [-0.25, -0.2) is 0 Å². The number of hydrogen-bond acceptors (Lipinski definition) is 3. The summed E-state index contributed by atoms with van der Waals surface area (Å²) in [6, 6.07) is 0. The van der Waals surface area contributed by atoms with E-state index in [2.05, 4.69) is 0 Å². The van der Waals surface area contributed by atoms with Gasteiger partial charge in [0, 0.05) is 6.54 Å². The van der Waals surface area contributed by atoms with Crippen LogP contribution in [0.5, 0.6) is 0 Å². The Morgan fingerprint density at radius 3 is 1.73 bits per heavy atom. The van der Waals surface area contributed by atoms with Crippen molar-refractivity contribution in [1.29, 1.82) is 0 Å². The zero-order valence-corrected chi connectivity index (χ0v) is 10.1. The van der Waals surface area contributed by atoms with E-state index in [0.717, 1.165) is 0 Å². The molecule has 0 spiro atoms. The third-order valence-electron chi connectivity index (χ3n) is 0.376. The maximum Gasteiger partial charge on any atom is 1.00 e. The Hall–Kier alpha value is 0.870. The van der Waals surface area contributed by atoms with Crippen LogP contribution in [0.2, 0.25) is 0 Å². The Balaban J connectivity index is -0.000000140. The third kappa shape index (κ3) is 36.1. The topological polar surface area (TPSA) is 80.4 Å². The van der Waals surface area contributed by atoms with Gasteiger partial charge < -0.3 is 12.2 Å². The molecule has 0 unspecified atom stereocenters. The molecular weight excluding hydrogens is 177 g/mol. The van der Waals surface area contributed by atoms with E-state index < -0.39 is 10.1 Å². The van der Waals surface area contributed by atoms with Crippen molar-refractivity contribution >= 4 is 10.1 Å². The normalized spacial score (nSPS) is 9.09. The van der Waals surface area contributed by atoms with E-state index in [4.69, 9.17) is 10.3 Å². The quantitative estimate of drug-likeness (QED) is 0.278. The molecule has 0 aliphatic heterocycles. The predicted molar refractivity (Wildman–Crippen MR) is 41.1 cm³/mol. The first kappa shape index (κ1) is 17.8. The molecule has 0 heterocycles. The Morgan fingerprint density at radius 2 is 1.73 bits per heavy atom. The minimum absolute atomic E-state index is 0. The molecule has 64 valence electrons. The zero-order chi connectivity index (χ0) is 8.62. The van der Waals surface area contributed by atoms with Crippen LogP contribution in [0.15, 0.2) is 0 Å². The Bertz CT molecular complexity index is 146. The summed E-state index contributed by atoms with van der Waals surface area (Å²) < 4.78 is 27.3. The van der Waals surface area contributed by atoms with Crippen LogP contribution in [0.4, 0.5) is 0 Å². The molecule has 11 heavy (non-hydrogen) atoms. The standard InChI is InChI=1S/C3H7.C2H7NO3S.Na/c1-3-2;3-1-2-7(4,5)6;/h3H,1-2H3;1-3H2,(H,4,5,6);/q-1;;+1. The maximum absolute atomic E-state index is 9.71. The van der Waals surface area contributed by atoms with Crippen LogP contribution >= 0.6 is 0 Å². The first-order valence-electron chi connectivity index (χ1n) is 2.87. The molecule has 0 bridgehead atoms. The van der Waals surface area contributed by atoms with Crippen LogP contribution in [0.25, 0.3) is 0 Å². The fourth-order valence-corrected chi connectivity index (χ4v) is 0.447. The van der Waals surface area contributed by atoms with Crippen LogP contribution in [-0.2, 0) is 10.1 Å². The molecule has 4 nitrogen and oxygen atoms in total. The molecule has 0 fully saturated rings. The molecule has 0 aromatic heterocycles. The molecule has 0 saturated carbocycles. The van der Waals surface area contributed by atoms with Crippen LogP contribution < -0.4 is 35.3 Å². The first-order valence-corrected chi connectivity index (χ1v) is 4.48. The fraction of sp³-hybridized carbons (Fsp3) is 0.800. The van der Waals surface area contributed by atoms with Crippen LogP contribution in [-0.4, -0.2) is 25.3 Å². The van der Waals surface area contributed by atoms with E-state index >= 15 is 0 Å². The van der Waals surface area contributed by atoms with Gasteiger partial charge in [-0.2, -0.15) is 22.3 Å². The van der Waals surface area contributed by atoms with Gasteiger partial charge in [0.15, 0.2) is 0 Å². The summed E-state index contributed by atoms with van der Waals surface area (Å²) in [4.78, 5) is 0. The Kier molecular flexibility index (Phi) is 17.6. The van der Waals surface area contributed by atoms with Crippen molar-refractivity contribution in [3.8, 4) is 0 Å². The van der Waals surface area contributed by atoms with E-state index in [0.29, 0.717) is 0 Å². The monoisotopic (exact) mass is 191 g/mol. The van der Waals surface area contributed by atoms with Crippen LogP contribution in [0.1, 0.15) is 13.8 Å². The number of rotatable bonds is 2. The van der Waals surface area contributed by atoms with Crippen molar-refractivity contribution < 1.29 is 42.5 Å². The molecule has 0 aromatic rings. The largest absolute Gasteiger partial charge is 1.00 e. The molecule has 6 heteroatoms. The van der Waals surface area contributed by atoms with Gasteiger partial charge >= 0.3 is 29.6 Å². The molecule has 0 aliphatic carbocycles. The predicted octanol–water partition coefficient (Wildman–Crippen LogP) is -2.93. The van der Waals surface area contributed by atoms with Crippen molar-refractivity contribution in [1.82, 2.24) is 0 Å². The van der Waals surface area contributed by atoms with Crippen molar-refractivity contribution in [3.05, 3.63) is 6.42 Å². The summed E-state index contributed by atoms with van der Waals surface area (Å²) in [5.74, 6) is -0.354. The average Bonchev–Trinajstić information content (AvgIpc) is 1.63. The smallest absolute Gasteiger partial charge is 0.335 e. The molecular formula is C5H14NNaO3S. The molecule has 0 radical (unpaired) electrons. The van der Waals surface area contributed by atoms with Crippen molar-refractivity contribution in [3.63, 3.8) is 0 Å². The summed E-state index contributed by atoms with van der Waals surface area (Å²) in [7, 11) is -3.80. The first-order chi connectivity index (χ1) is 4.47. The van der Waals surface area contributed by atoms with Crippen LogP contribution in [0.3, 0.4) is 0 Å². The fourth-order valence-electron chi connectivity index (χ4n) is 0.149. The summed E-state index contributed by atoms with van der Waals surface area (Å²) >= 11 is 0. The Labute approximate surface area is 90.6 Å². The van der Waals surface area contributed by atoms with Gasteiger partial charge in [-0.1, -0.05) is 0 Å². The Morgan fingerprint density at radius 1 is 1.45 bits per heavy atom. The minimum Gasteiger partial charge on any atom is -0.335 e. The van der Waals surface area contributed by atoms with Gasteiger partial charge in [0.1, 0.15) is 0 Å². The van der Waals surface area contributed by atoms with E-state index in [1.807, 2.05) is 20.3 Å². The summed E-state index contributed by atoms with van der Waals surface area (Å²) in [5, 5.41) is 0. The van der Waals surface area contributed by atoms with Gasteiger partial charge in [-0.05, 0) is 0 Å². The van der Waals surface area contributed by atoms with E-state index in [1.54, 1.807) is 0 Å². The SMILES string of the molecule is C[CH-]C.NCCS(=O)(=O)O.[Na+]. The molecule has 0 amide bonds. The molecule has 0 aliphatic rings. The van der Waals surface area contributed by atoms with E-state index in [1.165, 1.54) is 0 Å². The summed E-state index contributed by atoms with van der Waals surface area (Å²) in [5.41, 5.74) is 4.78. The molecule has 0 rings (SSSR count). The van der Waals surface area contributed by atoms with Crippen molar-refractivity contribution in [2.24, 2.45) is 5.73 Å². The molecule has 0 aromatic carbocycles. The number of nitrogens with two attached hydrogens (primary N) is 1. The van der Waals surface area contributed by atoms with Crippen molar-refractivity contribution in [2.75, 3.05) is 12.3 Å². The minimum atomic E-state index is -3.80. The van der Waals surface area contributed by atoms with Crippen LogP contribution in [0, 0.1) is 6.42 Å². The van der Waals surface area contributed by atoms with Gasteiger partial charge in [-0.3, -0.25) is 4.55 Å². The second-order valence-electron chi connectivity index (χ2n) is 1.65. The summed E-state index contributed by atoms with van der Waals surface area (Å²) in [6.45, 7) is 3.97. The van der Waals surface area contributed by atoms with Gasteiger partial charge in [0.2, 0.25) is 0 Å². The van der Waals surface area contributed by atoms with Gasteiger partial charge in [0.05, 0.1) is 5.75 Å². The van der Waals surface area contributed by atoms with Gasteiger partial charge in [-0.15, -0.1) is 0 Å². The summed E-state index contributed by atoms with van der Waals surface area (Å²) in [6.07, 6.45) is 2.00. The molecule has 0 saturated heterocycles. The molecule has 0 atom stereocenters. The number of hydrogen-bond donors (Lipinski definition) is 2. The van der Waals surface area contributed by atoms with Crippen molar-refractivity contribution in [2.45, 2.75) is 13.8 Å². The zero-order valence-electron chi connectivity index (χ0n) is 7.24. The third-order valence-corrected chi connectivity index (χ3v) is 1.13. The van der Waals surface area contributed by atoms with E-state index in [9.17, 15) is 8.42 Å². The van der Waals surface area contributed by atoms with Gasteiger partial charge in [0.25, 0.3) is 10.1 Å². The van der Waals surface area contributed by atoms with E-state index in [-0.39, 0.29) is 41.9 Å². The second kappa shape index (κ2) is 10.9. The molecule has 3 N–H and O–H groups in total.